The average molecular weight is 383 g/mol. The van der Waals surface area contributed by atoms with Gasteiger partial charge < -0.3 is 14.4 Å². The second-order valence-corrected chi connectivity index (χ2v) is 8.47. The number of rotatable bonds is 5. The van der Waals surface area contributed by atoms with Crippen molar-refractivity contribution < 1.29 is 0 Å². The minimum Gasteiger partial charge on any atom is -0.356 e. The molecule has 4 rings (SSSR count). The van der Waals surface area contributed by atoms with Gasteiger partial charge in [-0.2, -0.15) is 4.98 Å². The second kappa shape index (κ2) is 8.50. The topological polar surface area (TPSA) is 50.1 Å². The lowest BCUT2D eigenvalue weighted by Crippen LogP contribution is -2.36. The molecular formula is C22H34N6. The Morgan fingerprint density at radius 3 is 2.43 bits per heavy atom. The summed E-state index contributed by atoms with van der Waals surface area (Å²) in [5, 5.41) is 0. The molecule has 0 aromatic carbocycles. The molecule has 152 valence electrons. The van der Waals surface area contributed by atoms with Crippen LogP contribution in [0.1, 0.15) is 76.4 Å². The number of aryl methyl sites for hydroxylation is 1. The highest BCUT2D eigenvalue weighted by atomic mass is 15.3. The lowest BCUT2D eigenvalue weighted by molar-refractivity contribution is 0.447. The minimum atomic E-state index is 0.469. The smallest absolute Gasteiger partial charge is 0.227 e. The predicted octanol–water partition coefficient (Wildman–Crippen LogP) is 4.19. The van der Waals surface area contributed by atoms with Gasteiger partial charge in [-0.1, -0.05) is 6.92 Å². The molecule has 2 fully saturated rings. The van der Waals surface area contributed by atoms with Crippen molar-refractivity contribution in [3.05, 3.63) is 30.0 Å². The summed E-state index contributed by atoms with van der Waals surface area (Å²) < 4.78 is 2.33. The largest absolute Gasteiger partial charge is 0.356 e. The third-order valence-corrected chi connectivity index (χ3v) is 6.19. The second-order valence-electron chi connectivity index (χ2n) is 8.47. The molecule has 0 spiro atoms. The highest BCUT2D eigenvalue weighted by Gasteiger charge is 2.26. The Kier molecular flexibility index (Phi) is 5.83. The van der Waals surface area contributed by atoms with Crippen molar-refractivity contribution in [1.29, 1.82) is 0 Å². The molecule has 6 nitrogen and oxygen atoms in total. The van der Waals surface area contributed by atoms with Crippen LogP contribution in [0.4, 0.5) is 11.8 Å². The van der Waals surface area contributed by atoms with E-state index in [-0.39, 0.29) is 0 Å². The zero-order valence-corrected chi connectivity index (χ0v) is 17.6. The van der Waals surface area contributed by atoms with Crippen LogP contribution in [0.3, 0.4) is 0 Å². The van der Waals surface area contributed by atoms with Crippen molar-refractivity contribution in [3.63, 3.8) is 0 Å². The number of imidazole rings is 1. The summed E-state index contributed by atoms with van der Waals surface area (Å²) in [7, 11) is 0. The summed E-state index contributed by atoms with van der Waals surface area (Å²) in [6, 6.07) is 2.67. The summed E-state index contributed by atoms with van der Waals surface area (Å²) in [4.78, 5) is 19.3. The Labute approximate surface area is 169 Å². The molecule has 2 aromatic heterocycles. The van der Waals surface area contributed by atoms with Gasteiger partial charge in [0.15, 0.2) is 0 Å². The van der Waals surface area contributed by atoms with Gasteiger partial charge in [-0.3, -0.25) is 0 Å². The first kappa shape index (κ1) is 19.2. The van der Waals surface area contributed by atoms with Crippen LogP contribution in [0.2, 0.25) is 0 Å². The van der Waals surface area contributed by atoms with Gasteiger partial charge in [0.05, 0.1) is 0 Å². The molecule has 0 N–H and O–H groups in total. The van der Waals surface area contributed by atoms with E-state index in [1.54, 1.807) is 0 Å². The Morgan fingerprint density at radius 2 is 1.75 bits per heavy atom. The molecule has 0 aliphatic carbocycles. The first-order valence-corrected chi connectivity index (χ1v) is 11.1. The third-order valence-electron chi connectivity index (χ3n) is 6.19. The van der Waals surface area contributed by atoms with Gasteiger partial charge in [-0.05, 0) is 52.4 Å². The lowest BCUT2D eigenvalue weighted by Gasteiger charge is -2.34. The Hall–Kier alpha value is -2.11. The summed E-state index contributed by atoms with van der Waals surface area (Å²) in [5.41, 5.74) is 1.16. The van der Waals surface area contributed by atoms with Crippen LogP contribution in [0, 0.1) is 0 Å². The fraction of sp³-hybridized carbons (Fsp3) is 0.682. The number of nitrogens with zero attached hydrogens (tertiary/aromatic N) is 6. The van der Waals surface area contributed by atoms with Crippen LogP contribution in [-0.2, 0) is 6.42 Å². The number of aromatic nitrogens is 4. The molecule has 4 heterocycles. The average Bonchev–Trinajstić information content (AvgIpc) is 3.24. The third kappa shape index (κ3) is 4.01. The van der Waals surface area contributed by atoms with Crippen LogP contribution in [-0.4, -0.2) is 45.7 Å². The van der Waals surface area contributed by atoms with E-state index < -0.39 is 0 Å². The standard InChI is InChI=1S/C22H34N6/c1-4-19-16-20(25-22(24-19)27-11-6-5-7-12-27)26-13-8-18(9-14-26)21-23-10-15-28(21)17(2)3/h10,15-18H,4-9,11-14H2,1-3H3. The van der Waals surface area contributed by atoms with E-state index in [2.05, 4.69) is 52.4 Å². The van der Waals surface area contributed by atoms with Crippen LogP contribution in [0.5, 0.6) is 0 Å². The Balaban J connectivity index is 1.48. The van der Waals surface area contributed by atoms with Crippen molar-refractivity contribution >= 4 is 11.8 Å². The maximum atomic E-state index is 4.98. The zero-order chi connectivity index (χ0) is 19.5. The number of anilines is 2. The molecule has 28 heavy (non-hydrogen) atoms. The van der Waals surface area contributed by atoms with Crippen molar-refractivity contribution in [1.82, 2.24) is 19.5 Å². The van der Waals surface area contributed by atoms with Crippen molar-refractivity contribution in [3.8, 4) is 0 Å². The highest BCUT2D eigenvalue weighted by Crippen LogP contribution is 2.31. The van der Waals surface area contributed by atoms with Crippen molar-refractivity contribution in [2.45, 2.75) is 71.3 Å². The van der Waals surface area contributed by atoms with Gasteiger partial charge >= 0.3 is 0 Å². The highest BCUT2D eigenvalue weighted by molar-refractivity contribution is 5.47. The van der Waals surface area contributed by atoms with E-state index in [0.717, 1.165) is 62.9 Å². The molecule has 6 heteroatoms. The molecule has 2 aliphatic heterocycles. The van der Waals surface area contributed by atoms with Crippen LogP contribution >= 0.6 is 0 Å². The predicted molar refractivity (Wildman–Crippen MR) is 114 cm³/mol. The molecule has 0 amide bonds. The SMILES string of the molecule is CCc1cc(N2CCC(c3nccn3C(C)C)CC2)nc(N2CCCCC2)n1. The van der Waals surface area contributed by atoms with E-state index in [1.165, 1.54) is 25.1 Å². The molecule has 2 saturated heterocycles. The van der Waals surface area contributed by atoms with E-state index in [4.69, 9.17) is 9.97 Å². The molecule has 0 atom stereocenters. The molecule has 2 aliphatic rings. The van der Waals surface area contributed by atoms with E-state index in [0.29, 0.717) is 12.0 Å². The summed E-state index contributed by atoms with van der Waals surface area (Å²) in [5.74, 6) is 3.84. The van der Waals surface area contributed by atoms with Crippen LogP contribution in [0.25, 0.3) is 0 Å². The minimum absolute atomic E-state index is 0.469. The summed E-state index contributed by atoms with van der Waals surface area (Å²) in [6.45, 7) is 10.9. The molecule has 2 aromatic rings. The van der Waals surface area contributed by atoms with E-state index in [1.807, 2.05) is 6.20 Å². The van der Waals surface area contributed by atoms with Gasteiger partial charge in [0.1, 0.15) is 11.6 Å². The number of piperidine rings is 2. The fourth-order valence-corrected chi connectivity index (χ4v) is 4.49. The van der Waals surface area contributed by atoms with Crippen molar-refractivity contribution in [2.75, 3.05) is 36.0 Å². The quantitative estimate of drug-likeness (QED) is 0.776. The molecular weight excluding hydrogens is 348 g/mol. The molecule has 0 radical (unpaired) electrons. The van der Waals surface area contributed by atoms with Gasteiger partial charge in [-0.25, -0.2) is 9.97 Å². The van der Waals surface area contributed by atoms with Gasteiger partial charge in [0.2, 0.25) is 5.95 Å². The molecule has 0 bridgehead atoms. The summed E-state index contributed by atoms with van der Waals surface area (Å²) in [6.07, 6.45) is 11.1. The van der Waals surface area contributed by atoms with Crippen LogP contribution < -0.4 is 9.80 Å². The number of hydrogen-bond acceptors (Lipinski definition) is 5. The summed E-state index contributed by atoms with van der Waals surface area (Å²) >= 11 is 0. The molecule has 0 saturated carbocycles. The lowest BCUT2D eigenvalue weighted by atomic mass is 9.95. The maximum Gasteiger partial charge on any atom is 0.227 e. The fourth-order valence-electron chi connectivity index (χ4n) is 4.49. The first-order chi connectivity index (χ1) is 13.7. The van der Waals surface area contributed by atoms with Gasteiger partial charge in [0.25, 0.3) is 0 Å². The molecule has 0 unspecified atom stereocenters. The first-order valence-electron chi connectivity index (χ1n) is 11.1. The monoisotopic (exact) mass is 382 g/mol. The zero-order valence-electron chi connectivity index (χ0n) is 17.6. The van der Waals surface area contributed by atoms with Gasteiger partial charge in [0, 0.05) is 62.3 Å². The maximum absolute atomic E-state index is 4.98. The number of hydrogen-bond donors (Lipinski definition) is 0. The van der Waals surface area contributed by atoms with Crippen molar-refractivity contribution in [2.24, 2.45) is 0 Å². The van der Waals surface area contributed by atoms with Crippen LogP contribution in [0.15, 0.2) is 18.5 Å². The van der Waals surface area contributed by atoms with E-state index >= 15 is 0 Å². The Morgan fingerprint density at radius 1 is 1.00 bits per heavy atom. The Bertz CT molecular complexity index is 769. The normalized spacial score (nSPS) is 18.9. The van der Waals surface area contributed by atoms with Gasteiger partial charge in [-0.15, -0.1) is 0 Å². The van der Waals surface area contributed by atoms with E-state index in [9.17, 15) is 0 Å².